The summed E-state index contributed by atoms with van der Waals surface area (Å²) in [6, 6.07) is 3.47. The van der Waals surface area contributed by atoms with Crippen LogP contribution in [0.4, 0.5) is 0 Å². The van der Waals surface area contributed by atoms with Crippen LogP contribution in [0.1, 0.15) is 23.2 Å². The Morgan fingerprint density at radius 1 is 1.40 bits per heavy atom. The summed E-state index contributed by atoms with van der Waals surface area (Å²) in [7, 11) is 0. The Morgan fingerprint density at radius 2 is 2.20 bits per heavy atom. The fraction of sp³-hybridized carbons (Fsp3) is 0.500. The van der Waals surface area contributed by atoms with Crippen LogP contribution in [0, 0.1) is 5.92 Å². The molecule has 1 aromatic rings. The number of phenolic OH excluding ortho intramolecular Hbond substituents is 2. The normalized spacial score (nSPS) is 32.0. The fourth-order valence-electron chi connectivity index (χ4n) is 3.06. The van der Waals surface area contributed by atoms with Gasteiger partial charge in [0.25, 0.3) is 5.91 Å². The van der Waals surface area contributed by atoms with E-state index in [1.807, 2.05) is 0 Å². The molecule has 3 rings (SSSR count). The van der Waals surface area contributed by atoms with Crippen molar-refractivity contribution in [3.63, 3.8) is 0 Å². The summed E-state index contributed by atoms with van der Waals surface area (Å²) in [5.41, 5.74) is 6.10. The Bertz CT molecular complexity index is 534. The van der Waals surface area contributed by atoms with Crippen LogP contribution >= 0.6 is 0 Å². The first kappa shape index (κ1) is 13.2. The minimum Gasteiger partial charge on any atom is -0.508 e. The second-order valence-corrected chi connectivity index (χ2v) is 5.42. The number of amides is 1. The van der Waals surface area contributed by atoms with Gasteiger partial charge in [0.2, 0.25) is 0 Å². The zero-order valence-corrected chi connectivity index (χ0v) is 11.0. The third kappa shape index (κ3) is 2.10. The Labute approximate surface area is 116 Å². The van der Waals surface area contributed by atoms with Gasteiger partial charge in [0.15, 0.2) is 0 Å². The molecule has 1 saturated heterocycles. The molecule has 108 valence electrons. The summed E-state index contributed by atoms with van der Waals surface area (Å²) >= 11 is 0. The van der Waals surface area contributed by atoms with Crippen molar-refractivity contribution in [1.29, 1.82) is 0 Å². The standard InChI is InChI=1S/C14H18N2O4/c15-11-8-2-1-5-20-13(8)12(11)16-14(19)9-6-7(17)3-4-10(9)18/h3-4,6,8,11-13,17-18H,1-2,5,15H2,(H,16,19). The van der Waals surface area contributed by atoms with E-state index in [9.17, 15) is 15.0 Å². The number of nitrogens with one attached hydrogen (secondary N) is 1. The highest BCUT2D eigenvalue weighted by Gasteiger charge is 2.51. The largest absolute Gasteiger partial charge is 0.508 e. The molecule has 2 fully saturated rings. The predicted octanol–water partition coefficient (Wildman–Crippen LogP) is 0.332. The fourth-order valence-corrected chi connectivity index (χ4v) is 3.06. The van der Waals surface area contributed by atoms with E-state index in [0.29, 0.717) is 12.5 Å². The molecule has 0 aromatic heterocycles. The number of carbonyl (C=O) groups excluding carboxylic acids is 1. The van der Waals surface area contributed by atoms with Crippen LogP contribution in [-0.2, 0) is 4.74 Å². The molecule has 1 heterocycles. The SMILES string of the molecule is NC1C2CCCOC2C1NC(=O)c1cc(O)ccc1O. The molecule has 6 heteroatoms. The Kier molecular flexibility index (Phi) is 3.27. The summed E-state index contributed by atoms with van der Waals surface area (Å²) in [4.78, 5) is 12.1. The van der Waals surface area contributed by atoms with E-state index in [1.54, 1.807) is 0 Å². The van der Waals surface area contributed by atoms with Gasteiger partial charge in [-0.1, -0.05) is 0 Å². The van der Waals surface area contributed by atoms with Crippen molar-refractivity contribution in [1.82, 2.24) is 5.32 Å². The second-order valence-electron chi connectivity index (χ2n) is 5.42. The van der Waals surface area contributed by atoms with Crippen molar-refractivity contribution >= 4 is 5.91 Å². The van der Waals surface area contributed by atoms with Gasteiger partial charge in [-0.2, -0.15) is 0 Å². The van der Waals surface area contributed by atoms with Gasteiger partial charge in [0, 0.05) is 18.6 Å². The van der Waals surface area contributed by atoms with E-state index in [1.165, 1.54) is 18.2 Å². The third-order valence-electron chi connectivity index (χ3n) is 4.20. The lowest BCUT2D eigenvalue weighted by Crippen LogP contribution is -2.72. The summed E-state index contributed by atoms with van der Waals surface area (Å²) in [6.45, 7) is 0.692. The maximum Gasteiger partial charge on any atom is 0.255 e. The molecule has 20 heavy (non-hydrogen) atoms. The number of benzene rings is 1. The van der Waals surface area contributed by atoms with Gasteiger partial charge in [-0.15, -0.1) is 0 Å². The molecule has 0 spiro atoms. The van der Waals surface area contributed by atoms with E-state index >= 15 is 0 Å². The van der Waals surface area contributed by atoms with E-state index in [0.717, 1.165) is 12.8 Å². The Morgan fingerprint density at radius 3 is 3.00 bits per heavy atom. The number of hydrogen-bond donors (Lipinski definition) is 4. The molecular weight excluding hydrogens is 260 g/mol. The molecule has 5 N–H and O–H groups in total. The molecule has 1 aliphatic carbocycles. The van der Waals surface area contributed by atoms with Gasteiger partial charge >= 0.3 is 0 Å². The zero-order chi connectivity index (χ0) is 14.3. The van der Waals surface area contributed by atoms with Crippen molar-refractivity contribution < 1.29 is 19.7 Å². The van der Waals surface area contributed by atoms with Crippen molar-refractivity contribution in [2.24, 2.45) is 11.7 Å². The summed E-state index contributed by atoms with van der Waals surface area (Å²) in [5.74, 6) is -0.398. The number of carbonyl (C=O) groups is 1. The number of rotatable bonds is 2. The lowest BCUT2D eigenvalue weighted by atomic mass is 9.68. The lowest BCUT2D eigenvalue weighted by molar-refractivity contribution is -0.117. The first-order valence-electron chi connectivity index (χ1n) is 6.78. The van der Waals surface area contributed by atoms with Crippen LogP contribution in [0.5, 0.6) is 11.5 Å². The maximum absolute atomic E-state index is 12.1. The first-order valence-corrected chi connectivity index (χ1v) is 6.78. The molecular formula is C14H18N2O4. The monoisotopic (exact) mass is 278 g/mol. The highest BCUT2D eigenvalue weighted by Crippen LogP contribution is 2.37. The van der Waals surface area contributed by atoms with Crippen molar-refractivity contribution in [3.8, 4) is 11.5 Å². The van der Waals surface area contributed by atoms with Crippen molar-refractivity contribution in [2.45, 2.75) is 31.0 Å². The molecule has 0 radical (unpaired) electrons. The quantitative estimate of drug-likeness (QED) is 0.584. The number of phenols is 2. The molecule has 6 nitrogen and oxygen atoms in total. The van der Waals surface area contributed by atoms with E-state index in [2.05, 4.69) is 5.32 Å². The molecule has 0 bridgehead atoms. The Balaban J connectivity index is 1.71. The number of nitrogens with two attached hydrogens (primary N) is 1. The molecule has 1 saturated carbocycles. The van der Waals surface area contributed by atoms with Crippen molar-refractivity contribution in [3.05, 3.63) is 23.8 Å². The molecule has 1 aliphatic heterocycles. The minimum absolute atomic E-state index is 0.0384. The van der Waals surface area contributed by atoms with E-state index in [-0.39, 0.29) is 35.3 Å². The van der Waals surface area contributed by atoms with Crippen LogP contribution in [0.2, 0.25) is 0 Å². The minimum atomic E-state index is -0.452. The van der Waals surface area contributed by atoms with Crippen molar-refractivity contribution in [2.75, 3.05) is 6.61 Å². The molecule has 4 atom stereocenters. The van der Waals surface area contributed by atoms with Crippen LogP contribution in [0.25, 0.3) is 0 Å². The smallest absolute Gasteiger partial charge is 0.255 e. The van der Waals surface area contributed by atoms with Gasteiger partial charge in [-0.25, -0.2) is 0 Å². The molecule has 1 amide bonds. The predicted molar refractivity (Wildman–Crippen MR) is 71.5 cm³/mol. The average molecular weight is 278 g/mol. The van der Waals surface area contributed by atoms with Crippen LogP contribution in [-0.4, -0.2) is 40.9 Å². The highest BCUT2D eigenvalue weighted by atomic mass is 16.5. The second kappa shape index (κ2) is 4.96. The van der Waals surface area contributed by atoms with Gasteiger partial charge in [0.1, 0.15) is 11.5 Å². The molecule has 2 aliphatic rings. The first-order chi connectivity index (χ1) is 9.58. The van der Waals surface area contributed by atoms with Crippen LogP contribution in [0.15, 0.2) is 18.2 Å². The topological polar surface area (TPSA) is 105 Å². The summed E-state index contributed by atoms with van der Waals surface area (Å²) < 4.78 is 5.64. The van der Waals surface area contributed by atoms with Gasteiger partial charge < -0.3 is 26.0 Å². The van der Waals surface area contributed by atoms with Gasteiger partial charge in [-0.05, 0) is 31.0 Å². The third-order valence-corrected chi connectivity index (χ3v) is 4.20. The zero-order valence-electron chi connectivity index (χ0n) is 11.0. The van der Waals surface area contributed by atoms with E-state index in [4.69, 9.17) is 10.5 Å². The summed E-state index contributed by atoms with van der Waals surface area (Å²) in [5, 5.41) is 21.9. The Hall–Kier alpha value is -1.79. The van der Waals surface area contributed by atoms with E-state index < -0.39 is 5.91 Å². The summed E-state index contributed by atoms with van der Waals surface area (Å²) in [6.07, 6.45) is 1.99. The maximum atomic E-state index is 12.1. The molecule has 4 unspecified atom stereocenters. The number of hydrogen-bond acceptors (Lipinski definition) is 5. The number of ether oxygens (including phenoxy) is 1. The van der Waals surface area contributed by atoms with Crippen LogP contribution < -0.4 is 11.1 Å². The van der Waals surface area contributed by atoms with Gasteiger partial charge in [0.05, 0.1) is 17.7 Å². The number of aromatic hydroxyl groups is 2. The molecule has 1 aromatic carbocycles. The average Bonchev–Trinajstić information content (AvgIpc) is 2.46. The van der Waals surface area contributed by atoms with Gasteiger partial charge in [-0.3, -0.25) is 4.79 Å². The van der Waals surface area contributed by atoms with Crippen LogP contribution in [0.3, 0.4) is 0 Å². The lowest BCUT2D eigenvalue weighted by Gasteiger charge is -2.52. The number of fused-ring (bicyclic) bond motifs is 1. The highest BCUT2D eigenvalue weighted by molar-refractivity contribution is 5.97.